The summed E-state index contributed by atoms with van der Waals surface area (Å²) in [5.74, 6) is 0.140. The van der Waals surface area contributed by atoms with E-state index >= 15 is 0 Å². The maximum atomic E-state index is 11.6. The average Bonchev–Trinajstić information content (AvgIpc) is 2.65. The summed E-state index contributed by atoms with van der Waals surface area (Å²) in [6.45, 7) is 3.45. The lowest BCUT2D eigenvalue weighted by atomic mass is 10.0. The van der Waals surface area contributed by atoms with Crippen LogP contribution in [0.5, 0.6) is 0 Å². The summed E-state index contributed by atoms with van der Waals surface area (Å²) in [4.78, 5) is 11.6. The summed E-state index contributed by atoms with van der Waals surface area (Å²) < 4.78 is 0. The van der Waals surface area contributed by atoms with E-state index < -0.39 is 0 Å². The number of hydrogen-bond acceptors (Lipinski definition) is 2. The fraction of sp³-hybridized carbons (Fsp3) is 0.955. The lowest BCUT2D eigenvalue weighted by molar-refractivity contribution is -0.588. The first-order valence-corrected chi connectivity index (χ1v) is 11.5. The summed E-state index contributed by atoms with van der Waals surface area (Å²) in [6, 6.07) is 0. The van der Waals surface area contributed by atoms with Gasteiger partial charge in [-0.05, 0) is 6.42 Å². The molecule has 0 saturated carbocycles. The normalized spacial score (nSPS) is 11.0. The SMILES string of the molecule is CCCCCCCCCCCCCCCCCCC(=O)NCCC[NH2+][O-]. The first-order chi connectivity index (χ1) is 12.8. The highest BCUT2D eigenvalue weighted by molar-refractivity contribution is 5.75. The largest absolute Gasteiger partial charge is 0.636 e. The molecule has 4 heteroatoms. The molecule has 0 aromatic rings. The maximum absolute atomic E-state index is 11.6. The third kappa shape index (κ3) is 21.4. The minimum atomic E-state index is 0.140. The highest BCUT2D eigenvalue weighted by Crippen LogP contribution is 2.13. The Morgan fingerprint density at radius 2 is 1.12 bits per heavy atom. The number of quaternary nitrogens is 1. The Labute approximate surface area is 162 Å². The minimum Gasteiger partial charge on any atom is -0.636 e. The van der Waals surface area contributed by atoms with Crippen LogP contribution in [0.2, 0.25) is 0 Å². The molecule has 0 atom stereocenters. The summed E-state index contributed by atoms with van der Waals surface area (Å²) in [5, 5.41) is 13.0. The predicted molar refractivity (Wildman–Crippen MR) is 112 cm³/mol. The van der Waals surface area contributed by atoms with Crippen LogP contribution in [0.3, 0.4) is 0 Å². The van der Waals surface area contributed by atoms with Crippen molar-refractivity contribution < 1.29 is 10.3 Å². The Morgan fingerprint density at radius 3 is 1.54 bits per heavy atom. The molecule has 0 bridgehead atoms. The van der Waals surface area contributed by atoms with Gasteiger partial charge in [-0.1, -0.05) is 103 Å². The van der Waals surface area contributed by atoms with Crippen molar-refractivity contribution in [3.8, 4) is 0 Å². The lowest BCUT2D eigenvalue weighted by Crippen LogP contribution is -2.77. The van der Waals surface area contributed by atoms with Gasteiger partial charge in [0.15, 0.2) is 0 Å². The van der Waals surface area contributed by atoms with Gasteiger partial charge >= 0.3 is 0 Å². The third-order valence-corrected chi connectivity index (χ3v) is 5.08. The molecule has 0 spiro atoms. The van der Waals surface area contributed by atoms with Gasteiger partial charge in [-0.25, -0.2) is 0 Å². The number of nitrogens with two attached hydrogens (primary N) is 1. The van der Waals surface area contributed by atoms with E-state index in [9.17, 15) is 10.0 Å². The first kappa shape index (κ1) is 25.4. The molecule has 156 valence electrons. The van der Waals surface area contributed by atoms with E-state index in [4.69, 9.17) is 0 Å². The summed E-state index contributed by atoms with van der Waals surface area (Å²) >= 11 is 0. The summed E-state index contributed by atoms with van der Waals surface area (Å²) in [6.07, 6.45) is 23.1. The van der Waals surface area contributed by atoms with E-state index in [1.54, 1.807) is 0 Å². The van der Waals surface area contributed by atoms with Crippen LogP contribution in [0.4, 0.5) is 0 Å². The van der Waals surface area contributed by atoms with Crippen molar-refractivity contribution in [1.29, 1.82) is 0 Å². The minimum absolute atomic E-state index is 0.140. The zero-order valence-electron chi connectivity index (χ0n) is 17.5. The zero-order chi connectivity index (χ0) is 19.1. The van der Waals surface area contributed by atoms with Gasteiger partial charge in [0.1, 0.15) is 0 Å². The van der Waals surface area contributed by atoms with Crippen LogP contribution < -0.4 is 10.8 Å². The maximum Gasteiger partial charge on any atom is 0.219 e. The Hall–Kier alpha value is -0.610. The topological polar surface area (TPSA) is 68.8 Å². The van der Waals surface area contributed by atoms with E-state index in [1.165, 1.54) is 96.3 Å². The Kier molecular flexibility index (Phi) is 21.9. The van der Waals surface area contributed by atoms with Gasteiger partial charge in [0.25, 0.3) is 0 Å². The number of rotatable bonds is 21. The number of carbonyl (C=O) groups is 1. The first-order valence-electron chi connectivity index (χ1n) is 11.5. The molecule has 3 N–H and O–H groups in total. The van der Waals surface area contributed by atoms with Gasteiger partial charge in [0.05, 0.1) is 6.54 Å². The fourth-order valence-electron chi connectivity index (χ4n) is 3.34. The monoisotopic (exact) mass is 370 g/mol. The zero-order valence-corrected chi connectivity index (χ0v) is 17.5. The molecule has 0 heterocycles. The van der Waals surface area contributed by atoms with Crippen LogP contribution >= 0.6 is 0 Å². The van der Waals surface area contributed by atoms with Gasteiger partial charge in [0.2, 0.25) is 5.91 Å². The fourth-order valence-corrected chi connectivity index (χ4v) is 3.34. The van der Waals surface area contributed by atoms with Gasteiger partial charge in [-0.2, -0.15) is 0 Å². The molecule has 0 unspecified atom stereocenters. The Morgan fingerprint density at radius 1 is 0.692 bits per heavy atom. The highest BCUT2D eigenvalue weighted by Gasteiger charge is 2.00. The number of nitrogens with one attached hydrogen (secondary N) is 1. The molecule has 4 nitrogen and oxygen atoms in total. The lowest BCUT2D eigenvalue weighted by Gasteiger charge is -2.06. The van der Waals surface area contributed by atoms with Gasteiger partial charge in [-0.15, -0.1) is 0 Å². The second kappa shape index (κ2) is 22.4. The van der Waals surface area contributed by atoms with Crippen molar-refractivity contribution in [2.75, 3.05) is 13.1 Å². The van der Waals surface area contributed by atoms with E-state index in [-0.39, 0.29) is 5.91 Å². The van der Waals surface area contributed by atoms with Gasteiger partial charge in [0, 0.05) is 19.4 Å². The molecule has 0 aromatic carbocycles. The molecule has 0 rings (SSSR count). The highest BCUT2D eigenvalue weighted by atomic mass is 16.5. The number of amides is 1. The number of unbranched alkanes of at least 4 members (excludes halogenated alkanes) is 15. The molecule has 0 aromatic heterocycles. The predicted octanol–water partition coefficient (Wildman–Crippen LogP) is 5.21. The van der Waals surface area contributed by atoms with Crippen molar-refractivity contribution in [3.05, 3.63) is 5.21 Å². The van der Waals surface area contributed by atoms with Crippen molar-refractivity contribution in [2.45, 2.75) is 122 Å². The number of hydroxylamine groups is 1. The standard InChI is InChI=1S/C22H46N2O2/c1-2-3-4-5-6-7-8-9-10-11-12-13-14-15-16-17-19-22(25)23-20-18-21-24-26/h2-21,24H2,1H3,(H,23,25). The summed E-state index contributed by atoms with van der Waals surface area (Å²) in [7, 11) is 0. The molecule has 0 radical (unpaired) electrons. The molecule has 0 aliphatic carbocycles. The van der Waals surface area contributed by atoms with Crippen LogP contribution in [-0.2, 0) is 4.79 Å². The van der Waals surface area contributed by atoms with Crippen molar-refractivity contribution >= 4 is 5.91 Å². The average molecular weight is 371 g/mol. The van der Waals surface area contributed by atoms with Crippen molar-refractivity contribution in [1.82, 2.24) is 5.32 Å². The van der Waals surface area contributed by atoms with E-state index in [0.29, 0.717) is 19.5 Å². The molecular formula is C22H46N2O2. The van der Waals surface area contributed by atoms with Crippen LogP contribution in [0.1, 0.15) is 122 Å². The Bertz CT molecular complexity index is 285. The van der Waals surface area contributed by atoms with Crippen LogP contribution in [-0.4, -0.2) is 19.0 Å². The third-order valence-electron chi connectivity index (χ3n) is 5.08. The van der Waals surface area contributed by atoms with Crippen LogP contribution in [0.15, 0.2) is 0 Å². The molecule has 0 saturated heterocycles. The number of hydrogen-bond donors (Lipinski definition) is 2. The second-order valence-corrected chi connectivity index (χ2v) is 7.71. The van der Waals surface area contributed by atoms with E-state index in [1.807, 2.05) is 0 Å². The van der Waals surface area contributed by atoms with Crippen LogP contribution in [0, 0.1) is 5.21 Å². The van der Waals surface area contributed by atoms with Gasteiger partial charge in [-0.3, -0.25) is 4.79 Å². The molecule has 0 aliphatic heterocycles. The molecule has 26 heavy (non-hydrogen) atoms. The summed E-state index contributed by atoms with van der Waals surface area (Å²) in [5.41, 5.74) is 0.905. The number of carbonyl (C=O) groups excluding carboxylic acids is 1. The van der Waals surface area contributed by atoms with Gasteiger partial charge < -0.3 is 16.0 Å². The molecule has 1 amide bonds. The Balaban J connectivity index is 3.07. The van der Waals surface area contributed by atoms with E-state index in [2.05, 4.69) is 12.2 Å². The van der Waals surface area contributed by atoms with Crippen molar-refractivity contribution in [3.63, 3.8) is 0 Å². The van der Waals surface area contributed by atoms with Crippen molar-refractivity contribution in [2.24, 2.45) is 0 Å². The van der Waals surface area contributed by atoms with E-state index in [0.717, 1.165) is 18.3 Å². The van der Waals surface area contributed by atoms with Crippen LogP contribution in [0.25, 0.3) is 0 Å². The smallest absolute Gasteiger partial charge is 0.219 e. The molecule has 0 fully saturated rings. The quantitative estimate of drug-likeness (QED) is 0.215. The second-order valence-electron chi connectivity index (χ2n) is 7.71. The molecular weight excluding hydrogens is 324 g/mol. The molecule has 0 aliphatic rings.